The molecule has 1 saturated heterocycles. The van der Waals surface area contributed by atoms with Gasteiger partial charge in [-0.05, 0) is 58.5 Å². The van der Waals surface area contributed by atoms with Crippen LogP contribution in [0.25, 0.3) is 0 Å². The first kappa shape index (κ1) is 16.4. The molecular formula is C16H24N4O2S. The van der Waals surface area contributed by atoms with Crippen molar-refractivity contribution in [3.63, 3.8) is 0 Å². The molecule has 7 heteroatoms. The first-order valence-electron chi connectivity index (χ1n) is 8.37. The average Bonchev–Trinajstić information content (AvgIpc) is 2.97. The summed E-state index contributed by atoms with van der Waals surface area (Å²) in [4.78, 5) is 31.1. The lowest BCUT2D eigenvalue weighted by Crippen LogP contribution is -2.50. The van der Waals surface area contributed by atoms with Crippen molar-refractivity contribution in [1.29, 1.82) is 0 Å². The Hall–Kier alpha value is -1.47. The van der Waals surface area contributed by atoms with Crippen molar-refractivity contribution in [2.24, 2.45) is 5.73 Å². The molecule has 0 radical (unpaired) electrons. The maximum atomic E-state index is 11.9. The molecule has 1 atom stereocenters. The summed E-state index contributed by atoms with van der Waals surface area (Å²) in [5.41, 5.74) is 6.34. The molecule has 1 aromatic rings. The lowest BCUT2D eigenvalue weighted by molar-refractivity contribution is -0.125. The number of piperidine rings is 1. The Labute approximate surface area is 140 Å². The Bertz CT molecular complexity index is 569. The van der Waals surface area contributed by atoms with Crippen molar-refractivity contribution in [2.75, 3.05) is 13.1 Å². The van der Waals surface area contributed by atoms with E-state index in [9.17, 15) is 9.59 Å². The topological polar surface area (TPSA) is 88.3 Å². The highest BCUT2D eigenvalue weighted by atomic mass is 32.1. The molecule has 0 aromatic carbocycles. The van der Waals surface area contributed by atoms with E-state index in [0.29, 0.717) is 5.92 Å². The van der Waals surface area contributed by atoms with Crippen LogP contribution in [0, 0.1) is 0 Å². The van der Waals surface area contributed by atoms with Crippen LogP contribution >= 0.6 is 11.3 Å². The molecule has 0 bridgehead atoms. The third-order valence-electron chi connectivity index (χ3n) is 4.91. The number of nitrogens with two attached hydrogens (primary N) is 1. The molecule has 0 saturated carbocycles. The number of aryl methyl sites for hydroxylation is 2. The SMILES string of the molecule is C[C@@H](C(=O)NC(N)=O)N1CCC(c2nc3c(s2)CCCC3)CC1. The van der Waals surface area contributed by atoms with Gasteiger partial charge < -0.3 is 5.73 Å². The number of rotatable bonds is 3. The van der Waals surface area contributed by atoms with Crippen LogP contribution in [0.5, 0.6) is 0 Å². The Kier molecular flexibility index (Phi) is 4.96. The smallest absolute Gasteiger partial charge is 0.318 e. The molecule has 1 aliphatic heterocycles. The predicted molar refractivity (Wildman–Crippen MR) is 89.5 cm³/mol. The minimum Gasteiger partial charge on any atom is -0.351 e. The fourth-order valence-electron chi connectivity index (χ4n) is 3.47. The summed E-state index contributed by atoms with van der Waals surface area (Å²) in [6.45, 7) is 3.52. The average molecular weight is 336 g/mol. The van der Waals surface area contributed by atoms with E-state index in [2.05, 4.69) is 10.2 Å². The number of nitrogens with one attached hydrogen (secondary N) is 1. The van der Waals surface area contributed by atoms with Crippen LogP contribution in [0.1, 0.15) is 54.1 Å². The number of urea groups is 1. The third-order valence-corrected chi connectivity index (χ3v) is 6.23. The molecule has 126 valence electrons. The number of carbonyl (C=O) groups excluding carboxylic acids is 2. The number of hydrogen-bond acceptors (Lipinski definition) is 5. The zero-order valence-corrected chi connectivity index (χ0v) is 14.3. The van der Waals surface area contributed by atoms with Gasteiger partial charge in [-0.25, -0.2) is 9.78 Å². The zero-order chi connectivity index (χ0) is 16.4. The first-order valence-corrected chi connectivity index (χ1v) is 9.19. The van der Waals surface area contributed by atoms with Crippen LogP contribution in [0.2, 0.25) is 0 Å². The van der Waals surface area contributed by atoms with Gasteiger partial charge in [0, 0.05) is 10.8 Å². The number of imide groups is 1. The predicted octanol–water partition coefficient (Wildman–Crippen LogP) is 1.78. The largest absolute Gasteiger partial charge is 0.351 e. The molecule has 1 aromatic heterocycles. The van der Waals surface area contributed by atoms with Crippen molar-refractivity contribution in [3.05, 3.63) is 15.6 Å². The number of primary amides is 1. The van der Waals surface area contributed by atoms with Gasteiger partial charge in [0.25, 0.3) is 0 Å². The lowest BCUT2D eigenvalue weighted by atomic mass is 9.96. The van der Waals surface area contributed by atoms with Crippen LogP contribution in [0.3, 0.4) is 0 Å². The number of amides is 3. The summed E-state index contributed by atoms with van der Waals surface area (Å²) in [7, 11) is 0. The molecule has 3 amide bonds. The summed E-state index contributed by atoms with van der Waals surface area (Å²) in [5, 5.41) is 3.45. The van der Waals surface area contributed by atoms with E-state index in [1.807, 2.05) is 18.3 Å². The molecule has 1 aliphatic carbocycles. The molecule has 6 nitrogen and oxygen atoms in total. The third kappa shape index (κ3) is 3.72. The molecule has 3 rings (SSSR count). The van der Waals surface area contributed by atoms with E-state index in [1.165, 1.54) is 34.8 Å². The maximum absolute atomic E-state index is 11.9. The number of aromatic nitrogens is 1. The van der Waals surface area contributed by atoms with Gasteiger partial charge >= 0.3 is 6.03 Å². The molecule has 2 aliphatic rings. The van der Waals surface area contributed by atoms with Crippen LogP contribution in [0.4, 0.5) is 4.79 Å². The summed E-state index contributed by atoms with van der Waals surface area (Å²) in [5.74, 6) is 0.189. The number of fused-ring (bicyclic) bond motifs is 1. The van der Waals surface area contributed by atoms with Crippen LogP contribution in [0.15, 0.2) is 0 Å². The molecule has 2 heterocycles. The highest BCUT2D eigenvalue weighted by Crippen LogP contribution is 2.35. The van der Waals surface area contributed by atoms with E-state index in [1.54, 1.807) is 0 Å². The molecule has 23 heavy (non-hydrogen) atoms. The minimum atomic E-state index is -0.787. The van der Waals surface area contributed by atoms with Crippen molar-refractivity contribution in [3.8, 4) is 0 Å². The molecule has 0 unspecified atom stereocenters. The van der Waals surface area contributed by atoms with E-state index in [-0.39, 0.29) is 11.9 Å². The van der Waals surface area contributed by atoms with Crippen molar-refractivity contribution in [1.82, 2.24) is 15.2 Å². The van der Waals surface area contributed by atoms with Crippen molar-refractivity contribution >= 4 is 23.3 Å². The van der Waals surface area contributed by atoms with Gasteiger partial charge in [0.1, 0.15) is 0 Å². The highest BCUT2D eigenvalue weighted by Gasteiger charge is 2.29. The van der Waals surface area contributed by atoms with Gasteiger partial charge in [0.2, 0.25) is 5.91 Å². The number of hydrogen-bond donors (Lipinski definition) is 2. The Balaban J connectivity index is 1.57. The second-order valence-corrected chi connectivity index (χ2v) is 7.58. The van der Waals surface area contributed by atoms with Gasteiger partial charge in [-0.3, -0.25) is 15.0 Å². The van der Waals surface area contributed by atoms with E-state index in [4.69, 9.17) is 10.7 Å². The van der Waals surface area contributed by atoms with Gasteiger partial charge in [-0.2, -0.15) is 0 Å². The van der Waals surface area contributed by atoms with E-state index in [0.717, 1.165) is 32.4 Å². The molecule has 1 fully saturated rings. The van der Waals surface area contributed by atoms with Crippen molar-refractivity contribution in [2.45, 2.75) is 57.4 Å². The Morgan fingerprint density at radius 1 is 1.30 bits per heavy atom. The fraction of sp³-hybridized carbons (Fsp3) is 0.688. The fourth-order valence-corrected chi connectivity index (χ4v) is 4.79. The Morgan fingerprint density at radius 3 is 2.65 bits per heavy atom. The highest BCUT2D eigenvalue weighted by molar-refractivity contribution is 7.11. The lowest BCUT2D eigenvalue weighted by Gasteiger charge is -2.34. The van der Waals surface area contributed by atoms with E-state index < -0.39 is 6.03 Å². The normalized spacial score (nSPS) is 20.7. The Morgan fingerprint density at radius 2 is 2.00 bits per heavy atom. The zero-order valence-electron chi connectivity index (χ0n) is 13.5. The number of thiazole rings is 1. The van der Waals surface area contributed by atoms with Gasteiger partial charge in [0.15, 0.2) is 0 Å². The van der Waals surface area contributed by atoms with Gasteiger partial charge in [-0.1, -0.05) is 0 Å². The van der Waals surface area contributed by atoms with Crippen LogP contribution in [-0.4, -0.2) is 41.0 Å². The standard InChI is InChI=1S/C16H24N4O2S/c1-10(14(21)19-16(17)22)20-8-6-11(7-9-20)15-18-12-4-2-3-5-13(12)23-15/h10-11H,2-9H2,1H3,(H3,17,19,21,22)/t10-/m0/s1. The quantitative estimate of drug-likeness (QED) is 0.881. The van der Waals surface area contributed by atoms with Gasteiger partial charge in [0.05, 0.1) is 16.7 Å². The monoisotopic (exact) mass is 336 g/mol. The number of likely N-dealkylation sites (tertiary alicyclic amines) is 1. The second-order valence-electron chi connectivity index (χ2n) is 6.47. The van der Waals surface area contributed by atoms with E-state index >= 15 is 0 Å². The van der Waals surface area contributed by atoms with Crippen molar-refractivity contribution < 1.29 is 9.59 Å². The molecule has 3 N–H and O–H groups in total. The van der Waals surface area contributed by atoms with Crippen LogP contribution in [-0.2, 0) is 17.6 Å². The second kappa shape index (κ2) is 6.97. The summed E-state index contributed by atoms with van der Waals surface area (Å²) < 4.78 is 0. The summed E-state index contributed by atoms with van der Waals surface area (Å²) >= 11 is 1.90. The summed E-state index contributed by atoms with van der Waals surface area (Å²) in [6, 6.07) is -1.11. The number of carbonyl (C=O) groups is 2. The van der Waals surface area contributed by atoms with Crippen LogP contribution < -0.4 is 11.1 Å². The minimum absolute atomic E-state index is 0.319. The number of nitrogens with zero attached hydrogens (tertiary/aromatic N) is 2. The maximum Gasteiger partial charge on any atom is 0.318 e. The first-order chi connectivity index (χ1) is 11.0. The molecule has 0 spiro atoms. The summed E-state index contributed by atoms with van der Waals surface area (Å²) in [6.07, 6.45) is 6.91. The molecular weight excluding hydrogens is 312 g/mol. The van der Waals surface area contributed by atoms with Gasteiger partial charge in [-0.15, -0.1) is 11.3 Å².